The number of carbonyl (C=O) groups is 1. The zero-order chi connectivity index (χ0) is 14.0. The van der Waals surface area contributed by atoms with Crippen molar-refractivity contribution in [3.05, 3.63) is 50.7 Å². The summed E-state index contributed by atoms with van der Waals surface area (Å²) in [5, 5.41) is 19.9. The first-order valence-corrected chi connectivity index (χ1v) is 6.53. The number of hydrogen-bond donors (Lipinski definition) is 1. The highest BCUT2D eigenvalue weighted by Crippen LogP contribution is 2.37. The van der Waals surface area contributed by atoms with E-state index in [1.54, 1.807) is 12.1 Å². The first kappa shape index (κ1) is 13.6. The van der Waals surface area contributed by atoms with Gasteiger partial charge in [0.1, 0.15) is 0 Å². The molecule has 19 heavy (non-hydrogen) atoms. The van der Waals surface area contributed by atoms with Crippen molar-refractivity contribution in [3.63, 3.8) is 0 Å². The van der Waals surface area contributed by atoms with Gasteiger partial charge in [-0.2, -0.15) is 0 Å². The Morgan fingerprint density at radius 1 is 1.37 bits per heavy atom. The molecular weight excluding hydrogens is 338 g/mol. The summed E-state index contributed by atoms with van der Waals surface area (Å²) in [4.78, 5) is 21.4. The Morgan fingerprint density at radius 2 is 2.11 bits per heavy atom. The van der Waals surface area contributed by atoms with Crippen LogP contribution in [0.5, 0.6) is 0 Å². The van der Waals surface area contributed by atoms with Gasteiger partial charge in [0.05, 0.1) is 9.82 Å². The van der Waals surface area contributed by atoms with Gasteiger partial charge in [-0.25, -0.2) is 4.79 Å². The molecule has 0 spiro atoms. The summed E-state index contributed by atoms with van der Waals surface area (Å²) in [7, 11) is 0. The molecule has 0 saturated carbocycles. The molecule has 1 aromatic carbocycles. The predicted octanol–water partition coefficient (Wildman–Crippen LogP) is 3.80. The Balaban J connectivity index is 2.33. The molecule has 0 aliphatic carbocycles. The summed E-state index contributed by atoms with van der Waals surface area (Å²) in [5.41, 5.74) is -0.0681. The summed E-state index contributed by atoms with van der Waals surface area (Å²) in [6.07, 6.45) is 0. The number of carboxylic acid groups (broad SMARTS) is 1. The van der Waals surface area contributed by atoms with Crippen LogP contribution in [0.2, 0.25) is 0 Å². The van der Waals surface area contributed by atoms with Gasteiger partial charge in [0, 0.05) is 10.5 Å². The second-order valence-electron chi connectivity index (χ2n) is 3.40. The molecule has 1 heterocycles. The maximum absolute atomic E-state index is 10.9. The average molecular weight is 344 g/mol. The highest BCUT2D eigenvalue weighted by molar-refractivity contribution is 9.10. The van der Waals surface area contributed by atoms with Gasteiger partial charge in [-0.3, -0.25) is 10.1 Å². The number of halogens is 1. The van der Waals surface area contributed by atoms with E-state index in [9.17, 15) is 14.9 Å². The fourth-order valence-electron chi connectivity index (χ4n) is 1.32. The van der Waals surface area contributed by atoms with Gasteiger partial charge < -0.3 is 9.52 Å². The molecule has 1 aromatic heterocycles. The summed E-state index contributed by atoms with van der Waals surface area (Å²) in [5.74, 6) is -1.39. The zero-order valence-corrected chi connectivity index (χ0v) is 11.6. The first-order chi connectivity index (χ1) is 8.97. The van der Waals surface area contributed by atoms with Crippen molar-refractivity contribution in [1.82, 2.24) is 0 Å². The second kappa shape index (κ2) is 5.45. The number of nitro groups is 1. The van der Waals surface area contributed by atoms with Crippen LogP contribution in [-0.2, 0) is 0 Å². The van der Waals surface area contributed by atoms with E-state index >= 15 is 0 Å². The van der Waals surface area contributed by atoms with E-state index in [4.69, 9.17) is 9.52 Å². The van der Waals surface area contributed by atoms with Crippen molar-refractivity contribution in [1.29, 1.82) is 0 Å². The van der Waals surface area contributed by atoms with E-state index < -0.39 is 10.9 Å². The summed E-state index contributed by atoms with van der Waals surface area (Å²) in [6.45, 7) is 0. The van der Waals surface area contributed by atoms with Crippen molar-refractivity contribution < 1.29 is 19.2 Å². The van der Waals surface area contributed by atoms with Crippen molar-refractivity contribution in [2.45, 2.75) is 9.99 Å². The van der Waals surface area contributed by atoms with Crippen molar-refractivity contribution >= 4 is 39.3 Å². The Labute approximate surface area is 119 Å². The maximum Gasteiger partial charge on any atom is 0.371 e. The lowest BCUT2D eigenvalue weighted by Gasteiger charge is -2.01. The molecule has 0 atom stereocenters. The molecule has 0 saturated heterocycles. The number of furan rings is 1. The summed E-state index contributed by atoms with van der Waals surface area (Å²) < 4.78 is 5.73. The van der Waals surface area contributed by atoms with Gasteiger partial charge in [0.15, 0.2) is 5.09 Å². The normalized spacial score (nSPS) is 10.4. The van der Waals surface area contributed by atoms with Crippen LogP contribution < -0.4 is 0 Å². The molecule has 2 rings (SSSR count). The van der Waals surface area contributed by atoms with E-state index in [1.807, 2.05) is 0 Å². The van der Waals surface area contributed by atoms with Gasteiger partial charge in [0.25, 0.3) is 5.69 Å². The van der Waals surface area contributed by atoms with Crippen LogP contribution >= 0.6 is 27.7 Å². The lowest BCUT2D eigenvalue weighted by Crippen LogP contribution is -1.91. The molecule has 0 radical (unpaired) electrons. The predicted molar refractivity (Wildman–Crippen MR) is 70.6 cm³/mol. The molecule has 0 aliphatic heterocycles. The van der Waals surface area contributed by atoms with Crippen LogP contribution in [0, 0.1) is 10.1 Å². The van der Waals surface area contributed by atoms with Crippen molar-refractivity contribution in [3.8, 4) is 0 Å². The van der Waals surface area contributed by atoms with Crippen LogP contribution in [0.15, 0.2) is 49.2 Å². The second-order valence-corrected chi connectivity index (χ2v) is 5.36. The molecule has 2 aromatic rings. The number of nitrogens with zero attached hydrogens (tertiary/aromatic N) is 1. The summed E-state index contributed by atoms with van der Waals surface area (Å²) in [6, 6.07) is 7.26. The molecule has 0 aliphatic rings. The van der Waals surface area contributed by atoms with E-state index in [2.05, 4.69) is 15.9 Å². The molecule has 6 nitrogen and oxygen atoms in total. The molecule has 0 amide bonds. The Bertz CT molecular complexity index is 654. The minimum Gasteiger partial charge on any atom is -0.475 e. The van der Waals surface area contributed by atoms with Crippen molar-refractivity contribution in [2.75, 3.05) is 0 Å². The largest absolute Gasteiger partial charge is 0.475 e. The number of carboxylic acids is 1. The highest BCUT2D eigenvalue weighted by Gasteiger charge is 2.17. The molecule has 0 fully saturated rings. The quantitative estimate of drug-likeness (QED) is 0.670. The van der Waals surface area contributed by atoms with Crippen LogP contribution in [-0.4, -0.2) is 16.0 Å². The average Bonchev–Trinajstić information content (AvgIpc) is 2.77. The smallest absolute Gasteiger partial charge is 0.371 e. The van der Waals surface area contributed by atoms with Gasteiger partial charge in [0.2, 0.25) is 5.76 Å². The topological polar surface area (TPSA) is 93.6 Å². The highest BCUT2D eigenvalue weighted by atomic mass is 79.9. The monoisotopic (exact) mass is 343 g/mol. The minimum atomic E-state index is -1.18. The van der Waals surface area contributed by atoms with Crippen LogP contribution in [0.1, 0.15) is 10.6 Å². The number of hydrogen-bond acceptors (Lipinski definition) is 5. The SMILES string of the molecule is O=C(O)c1ccc(Sc2cc(Br)ccc2[N+](=O)[O-])o1. The summed E-state index contributed by atoms with van der Waals surface area (Å²) >= 11 is 4.22. The van der Waals surface area contributed by atoms with Gasteiger partial charge >= 0.3 is 5.97 Å². The van der Waals surface area contributed by atoms with Gasteiger partial charge in [-0.1, -0.05) is 15.9 Å². The minimum absolute atomic E-state index is 0.0681. The maximum atomic E-state index is 10.9. The fourth-order valence-corrected chi connectivity index (χ4v) is 2.75. The lowest BCUT2D eigenvalue weighted by molar-refractivity contribution is -0.387. The molecule has 1 N–H and O–H groups in total. The van der Waals surface area contributed by atoms with Gasteiger partial charge in [-0.05, 0) is 36.0 Å². The molecule has 0 unspecified atom stereocenters. The Hall–Kier alpha value is -1.80. The molecule has 0 bridgehead atoms. The van der Waals surface area contributed by atoms with E-state index in [-0.39, 0.29) is 16.5 Å². The van der Waals surface area contributed by atoms with Gasteiger partial charge in [-0.15, -0.1) is 0 Å². The van der Waals surface area contributed by atoms with E-state index in [0.29, 0.717) is 9.37 Å². The third-order valence-electron chi connectivity index (χ3n) is 2.12. The van der Waals surface area contributed by atoms with E-state index in [0.717, 1.165) is 11.8 Å². The standard InChI is InChI=1S/C11H6BrNO5S/c12-6-1-2-7(13(16)17)9(5-6)19-10-4-3-8(18-10)11(14)15/h1-5H,(H,14,15). The number of nitro benzene ring substituents is 1. The first-order valence-electron chi connectivity index (χ1n) is 4.92. The number of benzene rings is 1. The van der Waals surface area contributed by atoms with Crippen LogP contribution in [0.4, 0.5) is 5.69 Å². The van der Waals surface area contributed by atoms with Crippen LogP contribution in [0.25, 0.3) is 0 Å². The number of rotatable bonds is 4. The Kier molecular flexibility index (Phi) is 3.91. The third kappa shape index (κ3) is 3.15. The fraction of sp³-hybridized carbons (Fsp3) is 0. The molecule has 8 heteroatoms. The van der Waals surface area contributed by atoms with Crippen molar-refractivity contribution in [2.24, 2.45) is 0 Å². The van der Waals surface area contributed by atoms with E-state index in [1.165, 1.54) is 18.2 Å². The lowest BCUT2D eigenvalue weighted by atomic mass is 10.3. The Morgan fingerprint density at radius 3 is 2.68 bits per heavy atom. The molecular formula is C11H6BrNO5S. The zero-order valence-electron chi connectivity index (χ0n) is 9.20. The number of aromatic carboxylic acids is 1. The van der Waals surface area contributed by atoms with Crippen LogP contribution in [0.3, 0.4) is 0 Å². The molecule has 98 valence electrons. The third-order valence-corrected chi connectivity index (χ3v) is 3.58.